The van der Waals surface area contributed by atoms with Gasteiger partial charge < -0.3 is 19.7 Å². The van der Waals surface area contributed by atoms with Gasteiger partial charge in [-0.05, 0) is 42.0 Å². The van der Waals surface area contributed by atoms with Crippen molar-refractivity contribution in [1.82, 2.24) is 20.3 Å². The van der Waals surface area contributed by atoms with Crippen LogP contribution in [0.5, 0.6) is 11.5 Å². The van der Waals surface area contributed by atoms with Crippen molar-refractivity contribution in [1.29, 1.82) is 0 Å². The Morgan fingerprint density at radius 1 is 1.09 bits per heavy atom. The van der Waals surface area contributed by atoms with Crippen LogP contribution in [0.3, 0.4) is 0 Å². The Labute approximate surface area is 242 Å². The SMILES string of the molecule is O=C(NCc1cc2nc(N3CCOc4cc(CC(F)F)cnc43)ccc2cn1)c1cc(F)c2c(c1)S(=O)(=O)[C@@H](F)CCO2. The predicted octanol–water partition coefficient (Wildman–Crippen LogP) is 4.28. The summed E-state index contributed by atoms with van der Waals surface area (Å²) >= 11 is 0. The second-order valence-electron chi connectivity index (χ2n) is 9.86. The molecular formula is C28H23F4N5O5S. The summed E-state index contributed by atoms with van der Waals surface area (Å²) in [5.74, 6) is -1.16. The molecule has 0 aliphatic carbocycles. The van der Waals surface area contributed by atoms with Crippen molar-refractivity contribution in [2.24, 2.45) is 0 Å². The Morgan fingerprint density at radius 2 is 1.93 bits per heavy atom. The first-order chi connectivity index (χ1) is 20.6. The highest BCUT2D eigenvalue weighted by molar-refractivity contribution is 7.92. The minimum Gasteiger partial charge on any atom is -0.489 e. The molecule has 10 nitrogen and oxygen atoms in total. The number of anilines is 2. The second-order valence-corrected chi connectivity index (χ2v) is 11.9. The summed E-state index contributed by atoms with van der Waals surface area (Å²) in [6.45, 7) is 0.282. The first kappa shape index (κ1) is 28.6. The topological polar surface area (TPSA) is 124 Å². The summed E-state index contributed by atoms with van der Waals surface area (Å²) in [6.07, 6.45) is -0.460. The number of hydrogen-bond acceptors (Lipinski definition) is 9. The number of ether oxygens (including phenoxy) is 2. The van der Waals surface area contributed by atoms with Gasteiger partial charge in [0.25, 0.3) is 5.91 Å². The number of hydrogen-bond donors (Lipinski definition) is 1. The van der Waals surface area contributed by atoms with Gasteiger partial charge in [0.05, 0.1) is 30.9 Å². The lowest BCUT2D eigenvalue weighted by Gasteiger charge is -2.29. The predicted molar refractivity (Wildman–Crippen MR) is 146 cm³/mol. The van der Waals surface area contributed by atoms with E-state index in [2.05, 4.69) is 15.3 Å². The van der Waals surface area contributed by atoms with Gasteiger partial charge in [-0.2, -0.15) is 0 Å². The van der Waals surface area contributed by atoms with Crippen LogP contribution in [-0.4, -0.2) is 61.0 Å². The molecular weight excluding hydrogens is 594 g/mol. The molecule has 1 amide bonds. The van der Waals surface area contributed by atoms with E-state index in [4.69, 9.17) is 14.5 Å². The molecule has 0 saturated heterocycles. The molecule has 0 fully saturated rings. The maximum atomic E-state index is 14.7. The number of benzene rings is 1. The molecule has 1 atom stereocenters. The highest BCUT2D eigenvalue weighted by Gasteiger charge is 2.35. The Kier molecular flexibility index (Phi) is 7.50. The number of nitrogens with one attached hydrogen (secondary N) is 1. The number of pyridine rings is 3. The summed E-state index contributed by atoms with van der Waals surface area (Å²) in [4.78, 5) is 27.3. The third-order valence-electron chi connectivity index (χ3n) is 6.94. The first-order valence-electron chi connectivity index (χ1n) is 13.2. The van der Waals surface area contributed by atoms with Crippen LogP contribution in [0.1, 0.15) is 28.0 Å². The quantitative estimate of drug-likeness (QED) is 0.316. The molecule has 224 valence electrons. The number of amides is 1. The Morgan fingerprint density at radius 3 is 2.74 bits per heavy atom. The lowest BCUT2D eigenvalue weighted by Crippen LogP contribution is -2.30. The van der Waals surface area contributed by atoms with E-state index in [-0.39, 0.29) is 18.7 Å². The minimum absolute atomic E-state index is 0.108. The summed E-state index contributed by atoms with van der Waals surface area (Å²) < 4.78 is 90.3. The number of fused-ring (bicyclic) bond motifs is 3. The van der Waals surface area contributed by atoms with Crippen molar-refractivity contribution in [3.05, 3.63) is 71.4 Å². The number of nitrogens with zero attached hydrogens (tertiary/aromatic N) is 4. The van der Waals surface area contributed by atoms with E-state index < -0.39 is 57.0 Å². The molecule has 0 radical (unpaired) electrons. The summed E-state index contributed by atoms with van der Waals surface area (Å²) in [7, 11) is -4.55. The monoisotopic (exact) mass is 617 g/mol. The zero-order valence-electron chi connectivity index (χ0n) is 22.3. The van der Waals surface area contributed by atoms with Crippen LogP contribution in [0.4, 0.5) is 29.2 Å². The molecule has 2 aliphatic rings. The number of alkyl halides is 3. The first-order valence-corrected chi connectivity index (χ1v) is 14.7. The largest absolute Gasteiger partial charge is 0.489 e. The molecule has 1 N–H and O–H groups in total. The fourth-order valence-electron chi connectivity index (χ4n) is 4.82. The Bertz CT molecular complexity index is 1840. The molecule has 15 heteroatoms. The average Bonchev–Trinajstić information content (AvgIpc) is 3.10. The minimum atomic E-state index is -4.55. The number of halogens is 4. The van der Waals surface area contributed by atoms with Gasteiger partial charge in [-0.3, -0.25) is 9.78 Å². The summed E-state index contributed by atoms with van der Waals surface area (Å²) in [6, 6.07) is 8.47. The number of carbonyl (C=O) groups excluding carboxylic acids is 1. The molecule has 0 saturated carbocycles. The molecule has 2 aliphatic heterocycles. The van der Waals surface area contributed by atoms with E-state index >= 15 is 0 Å². The van der Waals surface area contributed by atoms with Crippen LogP contribution in [0.25, 0.3) is 10.9 Å². The zero-order valence-corrected chi connectivity index (χ0v) is 23.1. The van der Waals surface area contributed by atoms with Crippen LogP contribution >= 0.6 is 0 Å². The maximum Gasteiger partial charge on any atom is 0.251 e. The molecule has 5 heterocycles. The third-order valence-corrected chi connectivity index (χ3v) is 8.76. The van der Waals surface area contributed by atoms with Gasteiger partial charge in [0.2, 0.25) is 21.8 Å². The highest BCUT2D eigenvalue weighted by Crippen LogP contribution is 2.36. The van der Waals surface area contributed by atoms with Gasteiger partial charge in [-0.25, -0.2) is 35.9 Å². The third kappa shape index (κ3) is 5.63. The fourth-order valence-corrected chi connectivity index (χ4v) is 6.21. The molecule has 4 aromatic rings. The van der Waals surface area contributed by atoms with Crippen molar-refractivity contribution in [2.45, 2.75) is 36.2 Å². The molecule has 0 unspecified atom stereocenters. The summed E-state index contributed by atoms with van der Waals surface area (Å²) in [5.41, 5.74) is -1.32. The average molecular weight is 618 g/mol. The molecule has 3 aromatic heterocycles. The standard InChI is InChI=1S/C28H23F4N5O5S/c29-19-9-17(10-22-26(19)42-5-3-24(32)43(22,39)40)28(38)35-14-18-11-20-16(13-33-18)1-2-25(36-20)37-4-6-41-21-7-15(8-23(30)31)12-34-27(21)37/h1-2,7,9-13,23-24H,3-6,8,14H2,(H,35,38)/t24-/m1/s1. The van der Waals surface area contributed by atoms with Crippen molar-refractivity contribution in [3.8, 4) is 11.5 Å². The van der Waals surface area contributed by atoms with Gasteiger partial charge >= 0.3 is 0 Å². The number of carbonyl (C=O) groups is 1. The van der Waals surface area contributed by atoms with E-state index in [1.54, 1.807) is 35.4 Å². The van der Waals surface area contributed by atoms with Gasteiger partial charge in [-0.1, -0.05) is 0 Å². The Hall–Kier alpha value is -4.53. The van der Waals surface area contributed by atoms with Crippen molar-refractivity contribution in [2.75, 3.05) is 24.7 Å². The number of aromatic nitrogens is 3. The van der Waals surface area contributed by atoms with Gasteiger partial charge in [0.15, 0.2) is 23.1 Å². The zero-order chi connectivity index (χ0) is 30.3. The lowest BCUT2D eigenvalue weighted by atomic mass is 10.2. The highest BCUT2D eigenvalue weighted by atomic mass is 32.2. The van der Waals surface area contributed by atoms with Crippen LogP contribution in [-0.2, 0) is 22.8 Å². The van der Waals surface area contributed by atoms with E-state index in [0.29, 0.717) is 52.7 Å². The van der Waals surface area contributed by atoms with Gasteiger partial charge in [0, 0.05) is 36.2 Å². The molecule has 0 spiro atoms. The van der Waals surface area contributed by atoms with Crippen LogP contribution in [0.15, 0.2) is 53.7 Å². The van der Waals surface area contributed by atoms with Crippen molar-refractivity contribution >= 4 is 38.3 Å². The van der Waals surface area contributed by atoms with E-state index in [0.717, 1.165) is 12.1 Å². The smallest absolute Gasteiger partial charge is 0.251 e. The molecule has 0 bridgehead atoms. The van der Waals surface area contributed by atoms with E-state index in [9.17, 15) is 30.8 Å². The Balaban J connectivity index is 1.22. The van der Waals surface area contributed by atoms with Crippen LogP contribution in [0.2, 0.25) is 0 Å². The van der Waals surface area contributed by atoms with E-state index in [1.807, 2.05) is 0 Å². The van der Waals surface area contributed by atoms with Crippen molar-refractivity contribution in [3.63, 3.8) is 0 Å². The van der Waals surface area contributed by atoms with E-state index in [1.165, 1.54) is 6.20 Å². The second kappa shape index (κ2) is 11.3. The molecule has 1 aromatic carbocycles. The lowest BCUT2D eigenvalue weighted by molar-refractivity contribution is 0.0949. The van der Waals surface area contributed by atoms with Crippen LogP contribution < -0.4 is 19.7 Å². The van der Waals surface area contributed by atoms with Crippen LogP contribution in [0, 0.1) is 5.82 Å². The normalized spacial score (nSPS) is 17.4. The van der Waals surface area contributed by atoms with Gasteiger partial charge in [-0.15, -0.1) is 0 Å². The molecule has 6 rings (SSSR count). The maximum absolute atomic E-state index is 14.7. The number of sulfone groups is 1. The van der Waals surface area contributed by atoms with Crippen molar-refractivity contribution < 1.29 is 40.2 Å². The summed E-state index contributed by atoms with van der Waals surface area (Å²) in [5, 5.41) is 3.26. The van der Waals surface area contributed by atoms with Gasteiger partial charge in [0.1, 0.15) is 17.3 Å². The number of rotatable bonds is 6. The molecule has 43 heavy (non-hydrogen) atoms. The fraction of sp³-hybridized carbons (Fsp3) is 0.286.